The maximum atomic E-state index is 12.7. The number of nitrogens with zero attached hydrogens (tertiary/aromatic N) is 3. The largest absolute Gasteiger partial charge is 0.369 e. The smallest absolute Gasteiger partial charge is 0.343 e. The van der Waals surface area contributed by atoms with Crippen LogP contribution in [0, 0.1) is 0 Å². The molecular weight excluding hydrogens is 326 g/mol. The molecule has 0 bridgehead atoms. The number of piperazine rings is 1. The summed E-state index contributed by atoms with van der Waals surface area (Å²) in [6.45, 7) is 3.36. The Labute approximate surface area is 143 Å². The van der Waals surface area contributed by atoms with Crippen molar-refractivity contribution in [2.24, 2.45) is 0 Å². The lowest BCUT2D eigenvalue weighted by atomic mass is 10.1. The van der Waals surface area contributed by atoms with Crippen molar-refractivity contribution in [3.63, 3.8) is 0 Å². The first-order valence-corrected chi connectivity index (χ1v) is 8.16. The van der Waals surface area contributed by atoms with Gasteiger partial charge in [-0.2, -0.15) is 5.01 Å². The molecule has 0 atom stereocenters. The fourth-order valence-electron chi connectivity index (χ4n) is 3.30. The number of hydrogen-bond donors (Lipinski definition) is 2. The lowest BCUT2D eigenvalue weighted by Gasteiger charge is -2.32. The zero-order valence-corrected chi connectivity index (χ0v) is 13.4. The molecule has 25 heavy (non-hydrogen) atoms. The second-order valence-electron chi connectivity index (χ2n) is 6.12. The number of carbonyl (C=O) groups is 4. The highest BCUT2D eigenvalue weighted by atomic mass is 16.2. The average Bonchev–Trinajstić information content (AvgIpc) is 2.87. The van der Waals surface area contributed by atoms with Gasteiger partial charge in [0.15, 0.2) is 0 Å². The topological polar surface area (TPSA) is 102 Å². The molecule has 1 aromatic carbocycles. The number of hydrazine groups is 1. The standard InChI is InChI=1S/C16H17N5O4/c22-13-3-6-20(16(25)18-13)21-14(23)11-2-1-10(9-12(11)15(21)24)19-7-4-17-5-8-19/h1-2,9,17H,3-8H2,(H,18,22,25). The molecule has 9 heteroatoms. The van der Waals surface area contributed by atoms with E-state index in [9.17, 15) is 19.2 Å². The number of carbonyl (C=O) groups excluding carboxylic acids is 4. The summed E-state index contributed by atoms with van der Waals surface area (Å²) in [5.74, 6) is -1.50. The van der Waals surface area contributed by atoms with Gasteiger partial charge in [0.05, 0.1) is 17.7 Å². The highest BCUT2D eigenvalue weighted by Gasteiger charge is 2.43. The maximum Gasteiger partial charge on any atom is 0.343 e. The van der Waals surface area contributed by atoms with Crippen LogP contribution in [0.1, 0.15) is 27.1 Å². The van der Waals surface area contributed by atoms with Gasteiger partial charge < -0.3 is 10.2 Å². The molecule has 2 saturated heterocycles. The van der Waals surface area contributed by atoms with Crippen molar-refractivity contribution >= 4 is 29.4 Å². The predicted molar refractivity (Wildman–Crippen MR) is 86.9 cm³/mol. The van der Waals surface area contributed by atoms with E-state index in [-0.39, 0.29) is 24.1 Å². The van der Waals surface area contributed by atoms with Gasteiger partial charge in [-0.15, -0.1) is 0 Å². The molecule has 9 nitrogen and oxygen atoms in total. The molecular formula is C16H17N5O4. The molecule has 0 saturated carbocycles. The molecule has 5 amide bonds. The van der Waals surface area contributed by atoms with Gasteiger partial charge in [0.2, 0.25) is 5.91 Å². The molecule has 0 radical (unpaired) electrons. The number of rotatable bonds is 2. The summed E-state index contributed by atoms with van der Waals surface area (Å²) in [5, 5.41) is 7.21. The minimum absolute atomic E-state index is 0.000781. The van der Waals surface area contributed by atoms with Crippen LogP contribution in [0.5, 0.6) is 0 Å². The fourth-order valence-corrected chi connectivity index (χ4v) is 3.30. The summed E-state index contributed by atoms with van der Waals surface area (Å²) in [5.41, 5.74) is 1.43. The van der Waals surface area contributed by atoms with Gasteiger partial charge in [0.1, 0.15) is 0 Å². The number of hydrogen-bond acceptors (Lipinski definition) is 6. The minimum atomic E-state index is -0.756. The molecule has 0 aromatic heterocycles. The summed E-state index contributed by atoms with van der Waals surface area (Å²) >= 11 is 0. The monoisotopic (exact) mass is 343 g/mol. The number of nitrogens with one attached hydrogen (secondary N) is 2. The Morgan fingerprint density at radius 1 is 0.880 bits per heavy atom. The van der Waals surface area contributed by atoms with Crippen LogP contribution in [0.15, 0.2) is 18.2 Å². The lowest BCUT2D eigenvalue weighted by Crippen LogP contribution is -2.58. The lowest BCUT2D eigenvalue weighted by molar-refractivity contribution is -0.122. The summed E-state index contributed by atoms with van der Waals surface area (Å²) < 4.78 is 0. The summed E-state index contributed by atoms with van der Waals surface area (Å²) in [7, 11) is 0. The number of anilines is 1. The summed E-state index contributed by atoms with van der Waals surface area (Å²) in [6.07, 6.45) is 0.0468. The van der Waals surface area contributed by atoms with Crippen LogP contribution in [0.2, 0.25) is 0 Å². The predicted octanol–water partition coefficient (Wildman–Crippen LogP) is -0.451. The zero-order chi connectivity index (χ0) is 17.6. The molecule has 2 fully saturated rings. The Hall–Kier alpha value is -2.94. The fraction of sp³-hybridized carbons (Fsp3) is 0.375. The van der Waals surface area contributed by atoms with Gasteiger partial charge in [-0.25, -0.2) is 9.80 Å². The summed E-state index contributed by atoms with van der Waals surface area (Å²) in [4.78, 5) is 50.7. The zero-order valence-electron chi connectivity index (χ0n) is 13.4. The molecule has 3 aliphatic rings. The highest BCUT2D eigenvalue weighted by molar-refractivity contribution is 6.22. The SMILES string of the molecule is O=C1CCN(N2C(=O)c3ccc(N4CCNCC4)cc3C2=O)C(=O)N1. The molecule has 0 unspecified atom stereocenters. The van der Waals surface area contributed by atoms with Crippen LogP contribution in [0.3, 0.4) is 0 Å². The number of imide groups is 2. The molecule has 1 aromatic rings. The third kappa shape index (κ3) is 2.52. The van der Waals surface area contributed by atoms with E-state index in [2.05, 4.69) is 15.5 Å². The first-order valence-electron chi connectivity index (χ1n) is 8.16. The first kappa shape index (κ1) is 15.6. The van der Waals surface area contributed by atoms with Crippen molar-refractivity contribution in [2.75, 3.05) is 37.6 Å². The average molecular weight is 343 g/mol. The Balaban J connectivity index is 1.63. The third-order valence-electron chi connectivity index (χ3n) is 4.60. The van der Waals surface area contributed by atoms with Gasteiger partial charge in [0, 0.05) is 38.3 Å². The molecule has 2 N–H and O–H groups in total. The number of amides is 5. The Morgan fingerprint density at radius 3 is 2.32 bits per heavy atom. The highest BCUT2D eigenvalue weighted by Crippen LogP contribution is 2.29. The van der Waals surface area contributed by atoms with E-state index in [0.717, 1.165) is 41.9 Å². The van der Waals surface area contributed by atoms with E-state index >= 15 is 0 Å². The molecule has 3 aliphatic heterocycles. The molecule has 3 heterocycles. The van der Waals surface area contributed by atoms with Gasteiger partial charge in [-0.3, -0.25) is 19.7 Å². The van der Waals surface area contributed by atoms with Gasteiger partial charge in [-0.1, -0.05) is 0 Å². The minimum Gasteiger partial charge on any atom is -0.369 e. The Kier molecular flexibility index (Phi) is 3.65. The van der Waals surface area contributed by atoms with E-state index in [4.69, 9.17) is 0 Å². The molecule has 4 rings (SSSR count). The normalized spacial score (nSPS) is 20.9. The van der Waals surface area contributed by atoms with E-state index in [1.807, 2.05) is 6.07 Å². The second-order valence-corrected chi connectivity index (χ2v) is 6.12. The Bertz CT molecular complexity index is 787. The van der Waals surface area contributed by atoms with Crippen LogP contribution >= 0.6 is 0 Å². The van der Waals surface area contributed by atoms with Crippen molar-refractivity contribution in [2.45, 2.75) is 6.42 Å². The summed E-state index contributed by atoms with van der Waals surface area (Å²) in [6, 6.07) is 4.39. The van der Waals surface area contributed by atoms with Crippen molar-refractivity contribution in [1.82, 2.24) is 20.7 Å². The first-order chi connectivity index (χ1) is 12.1. The van der Waals surface area contributed by atoms with Crippen LogP contribution in [-0.2, 0) is 4.79 Å². The van der Waals surface area contributed by atoms with Gasteiger partial charge in [0.25, 0.3) is 11.8 Å². The van der Waals surface area contributed by atoms with E-state index in [0.29, 0.717) is 0 Å². The maximum absolute atomic E-state index is 12.7. The van der Waals surface area contributed by atoms with Crippen LogP contribution < -0.4 is 15.5 Å². The number of benzene rings is 1. The van der Waals surface area contributed by atoms with Crippen molar-refractivity contribution in [3.8, 4) is 0 Å². The van der Waals surface area contributed by atoms with Crippen LogP contribution in [0.4, 0.5) is 10.5 Å². The van der Waals surface area contributed by atoms with Crippen molar-refractivity contribution in [1.29, 1.82) is 0 Å². The van der Waals surface area contributed by atoms with Gasteiger partial charge >= 0.3 is 6.03 Å². The number of urea groups is 1. The molecule has 130 valence electrons. The molecule has 0 spiro atoms. The van der Waals surface area contributed by atoms with Crippen molar-refractivity contribution < 1.29 is 19.2 Å². The van der Waals surface area contributed by atoms with E-state index in [1.54, 1.807) is 12.1 Å². The van der Waals surface area contributed by atoms with Crippen LogP contribution in [0.25, 0.3) is 0 Å². The van der Waals surface area contributed by atoms with Crippen LogP contribution in [-0.4, -0.2) is 66.5 Å². The third-order valence-corrected chi connectivity index (χ3v) is 4.60. The number of fused-ring (bicyclic) bond motifs is 1. The Morgan fingerprint density at radius 2 is 1.60 bits per heavy atom. The van der Waals surface area contributed by atoms with Crippen molar-refractivity contribution in [3.05, 3.63) is 29.3 Å². The van der Waals surface area contributed by atoms with Gasteiger partial charge in [-0.05, 0) is 18.2 Å². The quantitative estimate of drug-likeness (QED) is 0.705. The van der Waals surface area contributed by atoms with E-state index < -0.39 is 23.8 Å². The molecule has 0 aliphatic carbocycles. The van der Waals surface area contributed by atoms with E-state index in [1.165, 1.54) is 0 Å². The second kappa shape index (κ2) is 5.85.